The molecule has 0 aliphatic carbocycles. The molecule has 0 radical (unpaired) electrons. The summed E-state index contributed by atoms with van der Waals surface area (Å²) in [5, 5.41) is 0. The maximum Gasteiger partial charge on any atom is 0.454 e. The Balaban J connectivity index is 0.000000291. The highest BCUT2D eigenvalue weighted by Crippen LogP contribution is 2.29. The summed E-state index contributed by atoms with van der Waals surface area (Å²) >= 11 is 3.00. The van der Waals surface area contributed by atoms with E-state index >= 15 is 0 Å². The van der Waals surface area contributed by atoms with E-state index in [0.29, 0.717) is 16.0 Å². The lowest BCUT2D eigenvalue weighted by Gasteiger charge is -2.07. The van der Waals surface area contributed by atoms with Gasteiger partial charge in [-0.05, 0) is 58.4 Å². The predicted molar refractivity (Wildman–Crippen MR) is 94.5 cm³/mol. The van der Waals surface area contributed by atoms with Gasteiger partial charge in [-0.2, -0.15) is 26.3 Å². The molecule has 0 unspecified atom stereocenters. The van der Waals surface area contributed by atoms with Gasteiger partial charge in [-0.25, -0.2) is 0 Å². The van der Waals surface area contributed by atoms with Crippen LogP contribution in [0.15, 0.2) is 46.9 Å². The van der Waals surface area contributed by atoms with Crippen molar-refractivity contribution in [2.45, 2.75) is 12.4 Å². The average Bonchev–Trinajstić information content (AvgIpc) is 2.66. The monoisotopic (exact) mass is 486 g/mol. The number of methoxy groups -OCH3 is 2. The Hall–Kier alpha value is -2.56. The number of Topliss-reactive ketones (excluding diaryl/α,β-unsaturated/α-hetero) is 2. The third-order valence-corrected chi connectivity index (χ3v) is 3.90. The van der Waals surface area contributed by atoms with E-state index < -0.39 is 35.0 Å². The predicted octanol–water partition coefficient (Wildman–Crippen LogP) is 5.64. The molecular weight excluding hydrogens is 474 g/mol. The highest BCUT2D eigenvalue weighted by molar-refractivity contribution is 9.10. The number of benzene rings is 2. The van der Waals surface area contributed by atoms with E-state index in [9.17, 15) is 35.9 Å². The van der Waals surface area contributed by atoms with Crippen LogP contribution in [0.5, 0.6) is 11.5 Å². The quantitative estimate of drug-likeness (QED) is 0.414. The van der Waals surface area contributed by atoms with Crippen LogP contribution < -0.4 is 9.47 Å². The smallest absolute Gasteiger partial charge is 0.454 e. The first-order valence-electron chi connectivity index (χ1n) is 7.52. The molecule has 0 aromatic heterocycles. The zero-order valence-corrected chi connectivity index (χ0v) is 16.4. The second-order valence-corrected chi connectivity index (χ2v) is 6.09. The molecule has 0 spiro atoms. The first-order chi connectivity index (χ1) is 13.3. The maximum atomic E-state index is 12.1. The van der Waals surface area contributed by atoms with Crippen molar-refractivity contribution in [1.29, 1.82) is 0 Å². The summed E-state index contributed by atoms with van der Waals surface area (Å²) in [7, 11) is 2.77. The number of ether oxygens (including phenoxy) is 2. The van der Waals surface area contributed by atoms with Crippen molar-refractivity contribution in [2.24, 2.45) is 0 Å². The number of hydrogen-bond donors (Lipinski definition) is 0. The standard InChI is InChI=1S/C9H6BrF3O2.C9H7F3O2/c1-15-7-3-2-5(4-6(7)10)8(14)9(11,12)13;1-14-7-4-2-6(3-5-7)8(13)9(10,11)12/h2-4H,1H3;2-5H,1H3. The van der Waals surface area contributed by atoms with Crippen LogP contribution in [0.3, 0.4) is 0 Å². The third kappa shape index (κ3) is 7.08. The Morgan fingerprint density at radius 2 is 1.21 bits per heavy atom. The third-order valence-electron chi connectivity index (χ3n) is 3.28. The molecule has 0 aliphatic heterocycles. The molecule has 11 heteroatoms. The SMILES string of the molecule is COc1ccc(C(=O)C(F)(F)F)cc1.COc1ccc(C(=O)C(F)(F)F)cc1Br. The molecule has 2 aromatic carbocycles. The summed E-state index contributed by atoms with van der Waals surface area (Å²) < 4.78 is 81.8. The maximum absolute atomic E-state index is 12.1. The van der Waals surface area contributed by atoms with Gasteiger partial charge in [0.1, 0.15) is 11.5 Å². The van der Waals surface area contributed by atoms with Gasteiger partial charge in [0.25, 0.3) is 11.6 Å². The van der Waals surface area contributed by atoms with E-state index in [1.54, 1.807) is 0 Å². The Labute approximate surface area is 169 Å². The van der Waals surface area contributed by atoms with Crippen molar-refractivity contribution in [1.82, 2.24) is 0 Å². The fourth-order valence-corrected chi connectivity index (χ4v) is 2.42. The molecule has 0 atom stereocenters. The van der Waals surface area contributed by atoms with Crippen LogP contribution in [0, 0.1) is 0 Å². The fraction of sp³-hybridized carbons (Fsp3) is 0.222. The van der Waals surface area contributed by atoms with E-state index in [-0.39, 0.29) is 0 Å². The molecule has 158 valence electrons. The molecule has 0 heterocycles. The number of hydrogen-bond acceptors (Lipinski definition) is 4. The van der Waals surface area contributed by atoms with Gasteiger partial charge in [0.15, 0.2) is 0 Å². The lowest BCUT2D eigenvalue weighted by atomic mass is 10.1. The molecule has 0 fully saturated rings. The van der Waals surface area contributed by atoms with Gasteiger partial charge < -0.3 is 9.47 Å². The van der Waals surface area contributed by atoms with Crippen LogP contribution in [0.25, 0.3) is 0 Å². The summed E-state index contributed by atoms with van der Waals surface area (Å²) in [6.45, 7) is 0. The second kappa shape index (κ2) is 9.77. The summed E-state index contributed by atoms with van der Waals surface area (Å²) in [5.74, 6) is -2.94. The molecule has 29 heavy (non-hydrogen) atoms. The van der Waals surface area contributed by atoms with Gasteiger partial charge in [0.2, 0.25) is 0 Å². The number of rotatable bonds is 4. The van der Waals surface area contributed by atoms with Gasteiger partial charge in [-0.1, -0.05) is 0 Å². The topological polar surface area (TPSA) is 52.6 Å². The van der Waals surface area contributed by atoms with Crippen LogP contribution in [0.2, 0.25) is 0 Å². The lowest BCUT2D eigenvalue weighted by Crippen LogP contribution is -2.22. The first-order valence-corrected chi connectivity index (χ1v) is 8.31. The molecule has 0 aliphatic rings. The fourth-order valence-electron chi connectivity index (χ4n) is 1.88. The largest absolute Gasteiger partial charge is 0.497 e. The van der Waals surface area contributed by atoms with Crippen LogP contribution in [-0.4, -0.2) is 38.1 Å². The summed E-state index contributed by atoms with van der Waals surface area (Å²) in [5.41, 5.74) is -0.812. The van der Waals surface area contributed by atoms with Crippen molar-refractivity contribution in [3.05, 3.63) is 58.1 Å². The molecule has 4 nitrogen and oxygen atoms in total. The Morgan fingerprint density at radius 3 is 1.59 bits per heavy atom. The highest BCUT2D eigenvalue weighted by Gasteiger charge is 2.40. The number of carbonyl (C=O) groups excluding carboxylic acids is 2. The van der Waals surface area contributed by atoms with Crippen LogP contribution in [-0.2, 0) is 0 Å². The van der Waals surface area contributed by atoms with Crippen LogP contribution in [0.4, 0.5) is 26.3 Å². The number of halogens is 7. The van der Waals surface area contributed by atoms with Crippen molar-refractivity contribution in [3.63, 3.8) is 0 Å². The number of carbonyl (C=O) groups is 2. The molecule has 0 bridgehead atoms. The Kier molecular flexibility index (Phi) is 8.25. The molecule has 0 N–H and O–H groups in total. The average molecular weight is 487 g/mol. The number of ketones is 2. The van der Waals surface area contributed by atoms with Gasteiger partial charge in [0, 0.05) is 11.1 Å². The summed E-state index contributed by atoms with van der Waals surface area (Å²) in [6, 6.07) is 8.21. The Bertz CT molecular complexity index is 860. The second-order valence-electron chi connectivity index (χ2n) is 5.23. The molecule has 0 amide bonds. The molecule has 0 saturated heterocycles. The normalized spacial score (nSPS) is 11.2. The minimum Gasteiger partial charge on any atom is -0.497 e. The first kappa shape index (κ1) is 24.5. The minimum absolute atomic E-state index is 0.306. The van der Waals surface area contributed by atoms with E-state index in [1.165, 1.54) is 32.4 Å². The summed E-state index contributed by atoms with van der Waals surface area (Å²) in [6.07, 6.45) is -9.68. The van der Waals surface area contributed by atoms with E-state index in [4.69, 9.17) is 9.47 Å². The molecule has 2 rings (SSSR count). The zero-order chi connectivity index (χ0) is 22.4. The van der Waals surface area contributed by atoms with Gasteiger partial charge in [-0.15, -0.1) is 0 Å². The van der Waals surface area contributed by atoms with Crippen LogP contribution >= 0.6 is 15.9 Å². The Morgan fingerprint density at radius 1 is 0.759 bits per heavy atom. The van der Waals surface area contributed by atoms with Crippen molar-refractivity contribution in [3.8, 4) is 11.5 Å². The van der Waals surface area contributed by atoms with E-state index in [2.05, 4.69) is 15.9 Å². The summed E-state index contributed by atoms with van der Waals surface area (Å²) in [4.78, 5) is 21.5. The van der Waals surface area contributed by atoms with E-state index in [0.717, 1.165) is 24.3 Å². The van der Waals surface area contributed by atoms with Crippen molar-refractivity contribution >= 4 is 27.5 Å². The van der Waals surface area contributed by atoms with Crippen LogP contribution in [0.1, 0.15) is 20.7 Å². The van der Waals surface area contributed by atoms with Crippen molar-refractivity contribution in [2.75, 3.05) is 14.2 Å². The van der Waals surface area contributed by atoms with Gasteiger partial charge in [-0.3, -0.25) is 9.59 Å². The van der Waals surface area contributed by atoms with Gasteiger partial charge in [0.05, 0.1) is 18.7 Å². The van der Waals surface area contributed by atoms with Crippen molar-refractivity contribution < 1.29 is 45.4 Å². The van der Waals surface area contributed by atoms with Gasteiger partial charge >= 0.3 is 12.4 Å². The highest BCUT2D eigenvalue weighted by atomic mass is 79.9. The number of alkyl halides is 6. The zero-order valence-electron chi connectivity index (χ0n) is 14.8. The lowest BCUT2D eigenvalue weighted by molar-refractivity contribution is -0.0888. The minimum atomic E-state index is -4.85. The molecule has 2 aromatic rings. The molecular formula is C18H13BrF6O4. The molecule has 0 saturated carbocycles. The van der Waals surface area contributed by atoms with E-state index in [1.807, 2.05) is 0 Å².